The van der Waals surface area contributed by atoms with Gasteiger partial charge in [0.2, 0.25) is 0 Å². The van der Waals surface area contributed by atoms with E-state index in [2.05, 4.69) is 31.4 Å². The van der Waals surface area contributed by atoms with Crippen LogP contribution in [0, 0.1) is 13.8 Å². The van der Waals surface area contributed by atoms with Gasteiger partial charge in [0.1, 0.15) is 0 Å². The summed E-state index contributed by atoms with van der Waals surface area (Å²) in [6, 6.07) is 8.04. The van der Waals surface area contributed by atoms with Gasteiger partial charge in [-0.15, -0.1) is 0 Å². The van der Waals surface area contributed by atoms with Crippen LogP contribution in [0.5, 0.6) is 0 Å². The van der Waals surface area contributed by atoms with Crippen molar-refractivity contribution in [3.63, 3.8) is 0 Å². The number of benzene rings is 1. The fourth-order valence-corrected chi connectivity index (χ4v) is 4.49. The zero-order valence-electron chi connectivity index (χ0n) is 13.9. The SMILES string of the molecule is Cc1nc(SC(C)c2ccccc2Cl)n(CC2CCCO2)c1C. The molecule has 1 aliphatic rings. The van der Waals surface area contributed by atoms with Gasteiger partial charge in [-0.1, -0.05) is 41.6 Å². The van der Waals surface area contributed by atoms with Crippen molar-refractivity contribution in [3.05, 3.63) is 46.2 Å². The summed E-state index contributed by atoms with van der Waals surface area (Å²) in [4.78, 5) is 4.77. The van der Waals surface area contributed by atoms with E-state index in [1.54, 1.807) is 11.8 Å². The van der Waals surface area contributed by atoms with Crippen molar-refractivity contribution in [3.8, 4) is 0 Å². The maximum atomic E-state index is 6.34. The molecule has 2 atom stereocenters. The smallest absolute Gasteiger partial charge is 0.169 e. The van der Waals surface area contributed by atoms with Gasteiger partial charge in [0.15, 0.2) is 5.16 Å². The summed E-state index contributed by atoms with van der Waals surface area (Å²) >= 11 is 8.11. The van der Waals surface area contributed by atoms with Crippen molar-refractivity contribution in [2.24, 2.45) is 0 Å². The highest BCUT2D eigenvalue weighted by molar-refractivity contribution is 7.99. The first-order valence-electron chi connectivity index (χ1n) is 8.12. The number of ether oxygens (including phenoxy) is 1. The third-order valence-corrected chi connectivity index (χ3v) is 5.93. The Hall–Kier alpha value is -0.970. The molecule has 0 saturated carbocycles. The molecule has 1 aliphatic heterocycles. The van der Waals surface area contributed by atoms with Crippen LogP contribution in [-0.2, 0) is 11.3 Å². The predicted octanol–water partition coefficient (Wildman–Crippen LogP) is 5.19. The van der Waals surface area contributed by atoms with Crippen molar-refractivity contribution in [2.45, 2.75) is 56.7 Å². The van der Waals surface area contributed by atoms with E-state index in [0.717, 1.165) is 47.4 Å². The van der Waals surface area contributed by atoms with E-state index in [9.17, 15) is 0 Å². The Bertz CT molecular complexity index is 680. The molecule has 5 heteroatoms. The summed E-state index contributed by atoms with van der Waals surface area (Å²) in [7, 11) is 0. The van der Waals surface area contributed by atoms with Crippen LogP contribution in [0.15, 0.2) is 29.4 Å². The zero-order valence-corrected chi connectivity index (χ0v) is 15.5. The minimum atomic E-state index is 0.258. The average Bonchev–Trinajstić information content (AvgIpc) is 3.12. The molecule has 1 saturated heterocycles. The molecule has 0 radical (unpaired) electrons. The molecule has 3 nitrogen and oxygen atoms in total. The number of hydrogen-bond donors (Lipinski definition) is 0. The summed E-state index contributed by atoms with van der Waals surface area (Å²) in [5.74, 6) is 0. The number of hydrogen-bond acceptors (Lipinski definition) is 3. The first-order chi connectivity index (χ1) is 11.1. The number of rotatable bonds is 5. The molecule has 3 rings (SSSR count). The number of halogens is 1. The van der Waals surface area contributed by atoms with E-state index in [1.807, 2.05) is 18.2 Å². The quantitative estimate of drug-likeness (QED) is 0.695. The van der Waals surface area contributed by atoms with Gasteiger partial charge in [-0.3, -0.25) is 0 Å². The van der Waals surface area contributed by atoms with Crippen molar-refractivity contribution >= 4 is 23.4 Å². The van der Waals surface area contributed by atoms with Gasteiger partial charge in [-0.2, -0.15) is 0 Å². The second-order valence-electron chi connectivity index (χ2n) is 6.09. The molecule has 1 aromatic heterocycles. The van der Waals surface area contributed by atoms with E-state index in [4.69, 9.17) is 21.3 Å². The minimum absolute atomic E-state index is 0.258. The Kier molecular flexibility index (Phi) is 5.34. The standard InChI is InChI=1S/C18H23ClN2OS/c1-12-13(2)21(11-15-7-6-10-22-15)18(20-12)23-14(3)16-8-4-5-9-17(16)19/h4-5,8-9,14-15H,6-7,10-11H2,1-3H3. The van der Waals surface area contributed by atoms with Crippen molar-refractivity contribution in [1.29, 1.82) is 0 Å². The summed E-state index contributed by atoms with van der Waals surface area (Å²) in [6.07, 6.45) is 2.62. The van der Waals surface area contributed by atoms with Crippen LogP contribution in [0.2, 0.25) is 5.02 Å². The molecule has 1 fully saturated rings. The van der Waals surface area contributed by atoms with Gasteiger partial charge in [-0.25, -0.2) is 4.98 Å². The van der Waals surface area contributed by atoms with Gasteiger partial charge in [0, 0.05) is 22.6 Å². The molecule has 0 aliphatic carbocycles. The number of nitrogens with zero attached hydrogens (tertiary/aromatic N) is 2. The summed E-state index contributed by atoms with van der Waals surface area (Å²) in [5, 5.41) is 2.13. The van der Waals surface area contributed by atoms with Crippen molar-refractivity contribution < 1.29 is 4.74 Å². The molecule has 0 bridgehead atoms. The Morgan fingerprint density at radius 3 is 2.87 bits per heavy atom. The lowest BCUT2D eigenvalue weighted by atomic mass is 10.2. The molecule has 1 aromatic carbocycles. The maximum absolute atomic E-state index is 6.34. The highest BCUT2D eigenvalue weighted by Crippen LogP contribution is 2.38. The molecule has 2 aromatic rings. The van der Waals surface area contributed by atoms with E-state index < -0.39 is 0 Å². The van der Waals surface area contributed by atoms with Crippen molar-refractivity contribution in [1.82, 2.24) is 9.55 Å². The van der Waals surface area contributed by atoms with Crippen LogP contribution < -0.4 is 0 Å². The third-order valence-electron chi connectivity index (χ3n) is 4.46. The monoisotopic (exact) mass is 350 g/mol. The Morgan fingerprint density at radius 1 is 1.39 bits per heavy atom. The fourth-order valence-electron chi connectivity index (χ4n) is 2.95. The number of aromatic nitrogens is 2. The minimum Gasteiger partial charge on any atom is -0.376 e. The van der Waals surface area contributed by atoms with E-state index in [0.29, 0.717) is 6.10 Å². The number of aryl methyl sites for hydroxylation is 1. The molecule has 2 heterocycles. The Labute approximate surface area is 147 Å². The summed E-state index contributed by atoms with van der Waals surface area (Å²) in [6.45, 7) is 8.18. The second kappa shape index (κ2) is 7.29. The molecule has 0 spiro atoms. The van der Waals surface area contributed by atoms with Crippen LogP contribution >= 0.6 is 23.4 Å². The second-order valence-corrected chi connectivity index (χ2v) is 7.81. The molecule has 2 unspecified atom stereocenters. The lowest BCUT2D eigenvalue weighted by molar-refractivity contribution is 0.0944. The highest BCUT2D eigenvalue weighted by atomic mass is 35.5. The van der Waals surface area contributed by atoms with Crippen LogP contribution in [0.4, 0.5) is 0 Å². The highest BCUT2D eigenvalue weighted by Gasteiger charge is 2.22. The third kappa shape index (κ3) is 3.76. The Morgan fingerprint density at radius 2 is 2.17 bits per heavy atom. The summed E-state index contributed by atoms with van der Waals surface area (Å²) < 4.78 is 8.11. The van der Waals surface area contributed by atoms with Crippen LogP contribution in [-0.4, -0.2) is 22.3 Å². The first-order valence-corrected chi connectivity index (χ1v) is 9.38. The van der Waals surface area contributed by atoms with Crippen LogP contribution in [0.25, 0.3) is 0 Å². The number of imidazole rings is 1. The normalized spacial score (nSPS) is 19.2. The number of thioether (sulfide) groups is 1. The molecule has 23 heavy (non-hydrogen) atoms. The lowest BCUT2D eigenvalue weighted by Gasteiger charge is -2.17. The van der Waals surface area contributed by atoms with E-state index in [1.165, 1.54) is 5.69 Å². The van der Waals surface area contributed by atoms with Gasteiger partial charge >= 0.3 is 0 Å². The zero-order chi connectivity index (χ0) is 16.4. The molecule has 0 amide bonds. The van der Waals surface area contributed by atoms with E-state index in [-0.39, 0.29) is 5.25 Å². The van der Waals surface area contributed by atoms with Gasteiger partial charge in [0.05, 0.1) is 18.3 Å². The predicted molar refractivity (Wildman–Crippen MR) is 96.4 cm³/mol. The topological polar surface area (TPSA) is 27.1 Å². The lowest BCUT2D eigenvalue weighted by Crippen LogP contribution is -2.16. The van der Waals surface area contributed by atoms with Gasteiger partial charge in [0.25, 0.3) is 0 Å². The van der Waals surface area contributed by atoms with Gasteiger partial charge in [-0.05, 0) is 45.2 Å². The van der Waals surface area contributed by atoms with Gasteiger partial charge < -0.3 is 9.30 Å². The summed E-state index contributed by atoms with van der Waals surface area (Å²) in [5.41, 5.74) is 3.48. The van der Waals surface area contributed by atoms with Crippen molar-refractivity contribution in [2.75, 3.05) is 6.61 Å². The van der Waals surface area contributed by atoms with E-state index >= 15 is 0 Å². The largest absolute Gasteiger partial charge is 0.376 e. The van der Waals surface area contributed by atoms with Crippen LogP contribution in [0.1, 0.15) is 42.0 Å². The molecular formula is C18H23ClN2OS. The molecular weight excluding hydrogens is 328 g/mol. The fraction of sp³-hybridized carbons (Fsp3) is 0.500. The van der Waals surface area contributed by atoms with Crippen LogP contribution in [0.3, 0.4) is 0 Å². The molecule has 0 N–H and O–H groups in total. The molecule has 124 valence electrons. The maximum Gasteiger partial charge on any atom is 0.169 e. The first kappa shape index (κ1) is 16.9. The Balaban J connectivity index is 1.82. The average molecular weight is 351 g/mol.